The van der Waals surface area contributed by atoms with E-state index in [1.165, 1.54) is 48.1 Å². The summed E-state index contributed by atoms with van der Waals surface area (Å²) in [5.41, 5.74) is 5.41. The molecule has 134 valence electrons. The zero-order valence-corrected chi connectivity index (χ0v) is 18.7. The third-order valence-electron chi connectivity index (χ3n) is 5.21. The van der Waals surface area contributed by atoms with Crippen LogP contribution in [0, 0.1) is 5.92 Å². The van der Waals surface area contributed by atoms with Gasteiger partial charge in [0.15, 0.2) is 0 Å². The molecular formula is C21H24Br2ClN. The van der Waals surface area contributed by atoms with Crippen molar-refractivity contribution in [2.24, 2.45) is 5.92 Å². The summed E-state index contributed by atoms with van der Waals surface area (Å²) in [4.78, 5) is 4.91. The van der Waals surface area contributed by atoms with Gasteiger partial charge in [0.2, 0.25) is 0 Å². The predicted octanol–water partition coefficient (Wildman–Crippen LogP) is 7.71. The maximum atomic E-state index is 6.37. The number of nitrogens with zero attached hydrogens (tertiary/aromatic N) is 1. The molecule has 1 unspecified atom stereocenters. The van der Waals surface area contributed by atoms with Crippen LogP contribution in [0.1, 0.15) is 67.8 Å². The van der Waals surface area contributed by atoms with E-state index in [1.54, 1.807) is 0 Å². The molecule has 0 saturated heterocycles. The first-order valence-electron chi connectivity index (χ1n) is 9.17. The molecule has 1 aromatic carbocycles. The van der Waals surface area contributed by atoms with Crippen molar-refractivity contribution in [3.05, 3.63) is 60.7 Å². The third kappa shape index (κ3) is 4.14. The van der Waals surface area contributed by atoms with E-state index in [4.69, 9.17) is 16.6 Å². The van der Waals surface area contributed by atoms with Gasteiger partial charge in [-0.25, -0.2) is 0 Å². The Morgan fingerprint density at radius 3 is 2.44 bits per heavy atom. The molecule has 4 heteroatoms. The predicted molar refractivity (Wildman–Crippen MR) is 114 cm³/mol. The quantitative estimate of drug-likeness (QED) is 0.423. The lowest BCUT2D eigenvalue weighted by Gasteiger charge is -2.29. The summed E-state index contributed by atoms with van der Waals surface area (Å²) in [6, 6.07) is 6.46. The normalized spacial score (nSPS) is 16.5. The van der Waals surface area contributed by atoms with E-state index in [1.807, 2.05) is 12.3 Å². The molecule has 0 fully saturated rings. The van der Waals surface area contributed by atoms with Crippen LogP contribution in [0.4, 0.5) is 0 Å². The molecule has 0 aliphatic heterocycles. The van der Waals surface area contributed by atoms with Crippen molar-refractivity contribution in [1.29, 1.82) is 0 Å². The third-order valence-corrected chi connectivity index (χ3v) is 6.52. The zero-order chi connectivity index (χ0) is 18.0. The van der Waals surface area contributed by atoms with Crippen LogP contribution in [0.25, 0.3) is 0 Å². The fraction of sp³-hybridized carbons (Fsp3) is 0.476. The van der Waals surface area contributed by atoms with Gasteiger partial charge in [-0.3, -0.25) is 4.98 Å². The summed E-state index contributed by atoms with van der Waals surface area (Å²) in [5.74, 6) is 0.948. The fourth-order valence-electron chi connectivity index (χ4n) is 4.25. The lowest BCUT2D eigenvalue weighted by atomic mass is 9.77. The van der Waals surface area contributed by atoms with Crippen molar-refractivity contribution in [3.63, 3.8) is 0 Å². The molecular weight excluding hydrogens is 461 g/mol. The standard InChI is InChI=1S/C21H24Br2ClN/c1-3-5-13(6-4-2)20-19-14(10-17(24)11-18(19)23)7-8-15-9-16(22)12-25-21(15)20/h9-13,20H,3-8H2,1-2H3. The second-order valence-corrected chi connectivity index (χ2v) is 9.18. The van der Waals surface area contributed by atoms with E-state index in [-0.39, 0.29) is 0 Å². The molecule has 0 saturated carbocycles. The van der Waals surface area contributed by atoms with E-state index in [0.717, 1.165) is 26.8 Å². The van der Waals surface area contributed by atoms with E-state index >= 15 is 0 Å². The van der Waals surface area contributed by atoms with E-state index in [2.05, 4.69) is 57.8 Å². The second kappa shape index (κ2) is 8.54. The average molecular weight is 486 g/mol. The van der Waals surface area contributed by atoms with Gasteiger partial charge in [-0.05, 0) is 82.4 Å². The Hall–Kier alpha value is -0.380. The van der Waals surface area contributed by atoms with E-state index < -0.39 is 0 Å². The Kier molecular flexibility index (Phi) is 6.62. The Morgan fingerprint density at radius 1 is 1.08 bits per heavy atom. The van der Waals surface area contributed by atoms with Crippen molar-refractivity contribution in [3.8, 4) is 0 Å². The summed E-state index contributed by atoms with van der Waals surface area (Å²) in [6.45, 7) is 4.57. The van der Waals surface area contributed by atoms with Gasteiger partial charge in [-0.2, -0.15) is 0 Å². The summed E-state index contributed by atoms with van der Waals surface area (Å²) >= 11 is 13.8. The van der Waals surface area contributed by atoms with Crippen LogP contribution >= 0.6 is 43.5 Å². The van der Waals surface area contributed by atoms with Crippen LogP contribution in [0.2, 0.25) is 5.02 Å². The Labute approximate surface area is 172 Å². The highest BCUT2D eigenvalue weighted by Crippen LogP contribution is 2.45. The maximum absolute atomic E-state index is 6.37. The average Bonchev–Trinajstić information content (AvgIpc) is 2.71. The molecule has 0 spiro atoms. The Balaban J connectivity index is 2.22. The highest BCUT2D eigenvalue weighted by Gasteiger charge is 2.32. The minimum atomic E-state index is 0.340. The van der Waals surface area contributed by atoms with Gasteiger partial charge < -0.3 is 0 Å². The zero-order valence-electron chi connectivity index (χ0n) is 14.8. The van der Waals surface area contributed by atoms with Gasteiger partial charge in [0.1, 0.15) is 0 Å². The molecule has 3 rings (SSSR count). The molecule has 1 aromatic heterocycles. The molecule has 1 atom stereocenters. The van der Waals surface area contributed by atoms with Gasteiger partial charge in [-0.15, -0.1) is 0 Å². The fourth-order valence-corrected chi connectivity index (χ4v) is 5.75. The van der Waals surface area contributed by atoms with Crippen LogP contribution in [-0.2, 0) is 12.8 Å². The summed E-state index contributed by atoms with van der Waals surface area (Å²) < 4.78 is 2.20. The van der Waals surface area contributed by atoms with Gasteiger partial charge in [0.25, 0.3) is 0 Å². The number of hydrogen-bond donors (Lipinski definition) is 0. The first kappa shape index (κ1) is 19.4. The maximum Gasteiger partial charge on any atom is 0.0514 e. The molecule has 1 aliphatic rings. The van der Waals surface area contributed by atoms with Crippen molar-refractivity contribution in [2.45, 2.75) is 58.3 Å². The van der Waals surface area contributed by atoms with E-state index in [0.29, 0.717) is 11.8 Å². The summed E-state index contributed by atoms with van der Waals surface area (Å²) in [5, 5.41) is 0.812. The first-order valence-corrected chi connectivity index (χ1v) is 11.1. The number of halogens is 3. The van der Waals surface area contributed by atoms with Crippen LogP contribution in [0.5, 0.6) is 0 Å². The first-order chi connectivity index (χ1) is 12.0. The number of fused-ring (bicyclic) bond motifs is 2. The minimum absolute atomic E-state index is 0.340. The van der Waals surface area contributed by atoms with Crippen molar-refractivity contribution >= 4 is 43.5 Å². The molecule has 1 aliphatic carbocycles. The Morgan fingerprint density at radius 2 is 1.76 bits per heavy atom. The van der Waals surface area contributed by atoms with Crippen LogP contribution in [0.15, 0.2) is 33.3 Å². The Bertz CT molecular complexity index is 754. The molecule has 0 amide bonds. The second-order valence-electron chi connectivity index (χ2n) is 6.97. The smallest absolute Gasteiger partial charge is 0.0514 e. The number of hydrogen-bond acceptors (Lipinski definition) is 1. The van der Waals surface area contributed by atoms with Crippen molar-refractivity contribution < 1.29 is 0 Å². The topological polar surface area (TPSA) is 12.9 Å². The van der Waals surface area contributed by atoms with E-state index in [9.17, 15) is 0 Å². The number of aryl methyl sites for hydroxylation is 2. The SMILES string of the molecule is CCCC(CCC)C1c2ncc(Br)cc2CCc2cc(Cl)cc(Br)c21. The monoisotopic (exact) mass is 483 g/mol. The molecule has 0 N–H and O–H groups in total. The molecule has 1 nitrogen and oxygen atoms in total. The van der Waals surface area contributed by atoms with Crippen molar-refractivity contribution in [1.82, 2.24) is 4.98 Å². The highest BCUT2D eigenvalue weighted by molar-refractivity contribution is 9.10. The minimum Gasteiger partial charge on any atom is -0.259 e. The molecule has 2 aromatic rings. The molecule has 25 heavy (non-hydrogen) atoms. The van der Waals surface area contributed by atoms with Gasteiger partial charge in [-0.1, -0.05) is 54.2 Å². The lowest BCUT2D eigenvalue weighted by molar-refractivity contribution is 0.389. The van der Waals surface area contributed by atoms with Crippen molar-refractivity contribution in [2.75, 3.05) is 0 Å². The van der Waals surface area contributed by atoms with Gasteiger partial charge >= 0.3 is 0 Å². The lowest BCUT2D eigenvalue weighted by Crippen LogP contribution is -2.18. The number of benzene rings is 1. The van der Waals surface area contributed by atoms with Crippen LogP contribution in [0.3, 0.4) is 0 Å². The van der Waals surface area contributed by atoms with Gasteiger partial charge in [0, 0.05) is 26.1 Å². The molecule has 1 heterocycles. The number of pyridine rings is 1. The number of rotatable bonds is 5. The molecule has 0 radical (unpaired) electrons. The van der Waals surface area contributed by atoms with Gasteiger partial charge in [0.05, 0.1) is 5.69 Å². The summed E-state index contributed by atoms with van der Waals surface area (Å²) in [7, 11) is 0. The largest absolute Gasteiger partial charge is 0.259 e. The highest BCUT2D eigenvalue weighted by atomic mass is 79.9. The summed E-state index contributed by atoms with van der Waals surface area (Å²) in [6.07, 6.45) is 8.84. The molecule has 0 bridgehead atoms. The number of aromatic nitrogens is 1. The van der Waals surface area contributed by atoms with Crippen LogP contribution in [-0.4, -0.2) is 4.98 Å². The van der Waals surface area contributed by atoms with Crippen LogP contribution < -0.4 is 0 Å².